The average Bonchev–Trinajstić information content (AvgIpc) is 3.36. The van der Waals surface area contributed by atoms with E-state index >= 15 is 0 Å². The van der Waals surface area contributed by atoms with Gasteiger partial charge in [-0.05, 0) is 103 Å². The number of carbonyl (C=O) groups excluding carboxylic acids is 3. The molecule has 0 aromatic carbocycles. The van der Waals surface area contributed by atoms with Crippen LogP contribution < -0.4 is 0 Å². The Morgan fingerprint density at radius 3 is 1.23 bits per heavy atom. The number of nitrogens with zero attached hydrogens (tertiary/aromatic N) is 2. The van der Waals surface area contributed by atoms with E-state index in [9.17, 15) is 14.4 Å². The Hall–Kier alpha value is -0.970. The van der Waals surface area contributed by atoms with Crippen LogP contribution in [0.1, 0.15) is 291 Å². The molecule has 10 heteroatoms. The van der Waals surface area contributed by atoms with Gasteiger partial charge in [-0.1, -0.05) is 230 Å². The van der Waals surface area contributed by atoms with Crippen molar-refractivity contribution < 1.29 is 28.6 Å². The van der Waals surface area contributed by atoms with Crippen molar-refractivity contribution in [2.75, 3.05) is 65.1 Å². The lowest BCUT2D eigenvalue weighted by Crippen LogP contribution is -2.39. The molecular formula is C61H120N2O6S2. The summed E-state index contributed by atoms with van der Waals surface area (Å²) in [5.74, 6) is 3.00. The van der Waals surface area contributed by atoms with Crippen LogP contribution in [0.25, 0.3) is 0 Å². The van der Waals surface area contributed by atoms with Crippen molar-refractivity contribution in [3.63, 3.8) is 0 Å². The molecule has 0 rings (SSSR count). The molecule has 0 saturated carbocycles. The van der Waals surface area contributed by atoms with E-state index in [-0.39, 0.29) is 17.9 Å². The van der Waals surface area contributed by atoms with E-state index in [1.807, 2.05) is 21.6 Å². The molecule has 0 aliphatic heterocycles. The van der Waals surface area contributed by atoms with E-state index in [1.54, 1.807) is 0 Å². The fourth-order valence-electron chi connectivity index (χ4n) is 9.74. The first-order valence-electron chi connectivity index (χ1n) is 30.8. The fourth-order valence-corrected chi connectivity index (χ4v) is 11.7. The van der Waals surface area contributed by atoms with E-state index in [0.29, 0.717) is 57.0 Å². The first kappa shape index (κ1) is 70.0. The molecule has 0 aliphatic rings. The van der Waals surface area contributed by atoms with Crippen LogP contribution >= 0.6 is 21.6 Å². The van der Waals surface area contributed by atoms with E-state index < -0.39 is 0 Å². The van der Waals surface area contributed by atoms with Crippen LogP contribution in [0.3, 0.4) is 0 Å². The van der Waals surface area contributed by atoms with Gasteiger partial charge in [0.15, 0.2) is 0 Å². The summed E-state index contributed by atoms with van der Waals surface area (Å²) in [6, 6.07) is 0.462. The van der Waals surface area contributed by atoms with Gasteiger partial charge in [0.25, 0.3) is 0 Å². The van der Waals surface area contributed by atoms with Gasteiger partial charge in [0.1, 0.15) is 6.61 Å². The smallest absolute Gasteiger partial charge is 0.307 e. The predicted molar refractivity (Wildman–Crippen MR) is 312 cm³/mol. The normalized spacial score (nSPS) is 13.0. The predicted octanol–water partition coefficient (Wildman–Crippen LogP) is 18.2. The van der Waals surface area contributed by atoms with Crippen molar-refractivity contribution in [3.8, 4) is 0 Å². The second-order valence-corrected chi connectivity index (χ2v) is 24.3. The highest BCUT2D eigenvalue weighted by atomic mass is 33.1. The maximum atomic E-state index is 13.1. The molecule has 0 aromatic heterocycles. The van der Waals surface area contributed by atoms with Crippen molar-refractivity contribution in [1.29, 1.82) is 0 Å². The van der Waals surface area contributed by atoms with Gasteiger partial charge in [-0.2, -0.15) is 0 Å². The standard InChI is InChI=1S/C61H120N2O6S2/c1-8-13-18-21-30-37-52-70-71-53-51-67-61(66)47-50-63(49-38-48-62(6)7)58(43-33-26-22-24-28-35-45-59(64)68-54-56(39-16-11-4)41-31-19-14-9-2)44-34-27-23-25-29-36-46-60(65)69-55-57(40-17-12-5)42-32-20-15-10-3/h56-58H,8-55H2,1-7H3. The Morgan fingerprint density at radius 2 is 0.746 bits per heavy atom. The largest absolute Gasteiger partial charge is 0.465 e. The van der Waals surface area contributed by atoms with Gasteiger partial charge in [0.2, 0.25) is 0 Å². The number of hydrogen-bond donors (Lipinski definition) is 0. The zero-order valence-corrected chi connectivity index (χ0v) is 50.0. The van der Waals surface area contributed by atoms with Crippen LogP contribution in [-0.2, 0) is 28.6 Å². The van der Waals surface area contributed by atoms with Crippen molar-refractivity contribution in [1.82, 2.24) is 9.80 Å². The quantitative estimate of drug-likeness (QED) is 0.0254. The van der Waals surface area contributed by atoms with Crippen LogP contribution in [0.2, 0.25) is 0 Å². The topological polar surface area (TPSA) is 85.4 Å². The molecule has 2 atom stereocenters. The summed E-state index contributed by atoms with van der Waals surface area (Å²) in [6.45, 7) is 15.8. The molecule has 71 heavy (non-hydrogen) atoms. The highest BCUT2D eigenvalue weighted by Crippen LogP contribution is 2.25. The molecular weight excluding hydrogens is 921 g/mol. The Labute approximate surface area is 450 Å². The summed E-state index contributed by atoms with van der Waals surface area (Å²) in [4.78, 5) is 43.2. The lowest BCUT2D eigenvalue weighted by Gasteiger charge is -2.32. The number of carbonyl (C=O) groups is 3. The fraction of sp³-hybridized carbons (Fsp3) is 0.951. The van der Waals surface area contributed by atoms with E-state index in [4.69, 9.17) is 14.2 Å². The monoisotopic (exact) mass is 1040 g/mol. The maximum absolute atomic E-state index is 13.1. The zero-order valence-electron chi connectivity index (χ0n) is 48.3. The molecule has 0 bridgehead atoms. The minimum Gasteiger partial charge on any atom is -0.465 e. The second-order valence-electron chi connectivity index (χ2n) is 21.6. The third-order valence-electron chi connectivity index (χ3n) is 14.4. The number of hydrogen-bond acceptors (Lipinski definition) is 10. The van der Waals surface area contributed by atoms with Crippen molar-refractivity contribution in [2.45, 2.75) is 297 Å². The number of rotatable bonds is 57. The summed E-state index contributed by atoms with van der Waals surface area (Å²) >= 11 is 0. The van der Waals surface area contributed by atoms with Crippen LogP contribution in [0.5, 0.6) is 0 Å². The molecule has 2 unspecified atom stereocenters. The molecule has 422 valence electrons. The summed E-state index contributed by atoms with van der Waals surface area (Å²) in [5, 5.41) is 0. The Bertz CT molecular complexity index is 1090. The Balaban J connectivity index is 5.07. The third kappa shape index (κ3) is 49.7. The second kappa shape index (κ2) is 55.3. The minimum atomic E-state index is -0.0620. The van der Waals surface area contributed by atoms with Gasteiger partial charge < -0.3 is 19.1 Å². The number of unbranched alkanes of at least 4 members (excludes halogenated alkanes) is 23. The molecule has 0 amide bonds. The summed E-state index contributed by atoms with van der Waals surface area (Å²) in [7, 11) is 8.06. The highest BCUT2D eigenvalue weighted by Gasteiger charge is 2.20. The van der Waals surface area contributed by atoms with Gasteiger partial charge in [0, 0.05) is 36.9 Å². The molecule has 0 aliphatic carbocycles. The van der Waals surface area contributed by atoms with Crippen LogP contribution in [0, 0.1) is 11.8 Å². The maximum Gasteiger partial charge on any atom is 0.307 e. The molecule has 8 nitrogen and oxygen atoms in total. The first-order valence-corrected chi connectivity index (χ1v) is 33.3. The van der Waals surface area contributed by atoms with Gasteiger partial charge in [0.05, 0.1) is 19.6 Å². The summed E-state index contributed by atoms with van der Waals surface area (Å²) < 4.78 is 17.4. The zero-order chi connectivity index (χ0) is 52.1. The molecule has 0 radical (unpaired) electrons. The van der Waals surface area contributed by atoms with Crippen LogP contribution in [-0.4, -0.2) is 98.8 Å². The molecule has 0 spiro atoms. The van der Waals surface area contributed by atoms with E-state index in [2.05, 4.69) is 58.5 Å². The van der Waals surface area contributed by atoms with E-state index in [0.717, 1.165) is 70.3 Å². The van der Waals surface area contributed by atoms with Gasteiger partial charge >= 0.3 is 17.9 Å². The first-order chi connectivity index (χ1) is 34.7. The van der Waals surface area contributed by atoms with Crippen LogP contribution in [0.4, 0.5) is 0 Å². The molecule has 0 aromatic rings. The van der Waals surface area contributed by atoms with Gasteiger partial charge in [-0.15, -0.1) is 0 Å². The van der Waals surface area contributed by atoms with Crippen molar-refractivity contribution in [2.24, 2.45) is 11.8 Å². The van der Waals surface area contributed by atoms with Crippen molar-refractivity contribution >= 4 is 39.5 Å². The SMILES string of the molecule is CCCCCCCCSSCCOC(=O)CCN(CCCN(C)C)C(CCCCCCCCC(=O)OCC(CCCC)CCCCCC)CCCCCCCCC(=O)OCC(CCCC)CCCCCC. The number of esters is 3. The Kier molecular flexibility index (Phi) is 54.5. The van der Waals surface area contributed by atoms with Gasteiger partial charge in [-0.25, -0.2) is 0 Å². The number of ether oxygens (including phenoxy) is 3. The molecule has 0 N–H and O–H groups in total. The lowest BCUT2D eigenvalue weighted by molar-refractivity contribution is -0.146. The summed E-state index contributed by atoms with van der Waals surface area (Å²) in [6.07, 6.45) is 46.3. The molecule has 0 fully saturated rings. The van der Waals surface area contributed by atoms with Crippen molar-refractivity contribution in [3.05, 3.63) is 0 Å². The average molecular weight is 1040 g/mol. The Morgan fingerprint density at radius 1 is 0.366 bits per heavy atom. The molecule has 0 heterocycles. The summed E-state index contributed by atoms with van der Waals surface area (Å²) in [5.41, 5.74) is 0. The highest BCUT2D eigenvalue weighted by molar-refractivity contribution is 8.76. The van der Waals surface area contributed by atoms with E-state index in [1.165, 1.54) is 198 Å². The minimum absolute atomic E-state index is 0.00704. The molecule has 0 saturated heterocycles. The van der Waals surface area contributed by atoms with Crippen LogP contribution in [0.15, 0.2) is 0 Å². The van der Waals surface area contributed by atoms with Gasteiger partial charge in [-0.3, -0.25) is 19.3 Å². The lowest BCUT2D eigenvalue weighted by atomic mass is 9.96. The third-order valence-corrected chi connectivity index (χ3v) is 16.9.